The molecule has 2 unspecified atom stereocenters. The molecule has 21 nitrogen and oxygen atoms in total. The Morgan fingerprint density at radius 2 is 1.53 bits per heavy atom. The van der Waals surface area contributed by atoms with Crippen molar-refractivity contribution in [2.45, 2.75) is 198 Å². The normalized spacial score (nSPS) is 31.8. The van der Waals surface area contributed by atoms with Crippen LogP contribution in [0.5, 0.6) is 0 Å². The van der Waals surface area contributed by atoms with Crippen LogP contribution in [0.3, 0.4) is 0 Å². The number of phosphoric ester groups is 2. The molecule has 1 aromatic heterocycles. The fraction of sp³-hybridized carbons (Fsp3) is 0.822. The molecule has 2 saturated heterocycles. The van der Waals surface area contributed by atoms with E-state index >= 15 is 0 Å². The molecule has 9 N–H and O–H groups in total. The van der Waals surface area contributed by atoms with Gasteiger partial charge < -0.3 is 55.3 Å². The highest BCUT2D eigenvalue weighted by atomic mass is 31.3. The number of phosphoric acid groups is 2. The minimum absolute atomic E-state index is 0.00770. The van der Waals surface area contributed by atoms with Crippen LogP contribution in [0.1, 0.15) is 155 Å². The number of fused-ring (bicyclic) bond motifs is 3. The van der Waals surface area contributed by atoms with Crippen molar-refractivity contribution in [3.8, 4) is 0 Å². The second-order valence-electron chi connectivity index (χ2n) is 18.4. The summed E-state index contributed by atoms with van der Waals surface area (Å²) >= 11 is 0. The molecular weight excluding hydrogens is 932 g/mol. The van der Waals surface area contributed by atoms with E-state index in [1.807, 2.05) is 6.92 Å². The number of cyclic esters (lactones) is 1. The highest BCUT2D eigenvalue weighted by Crippen LogP contribution is 2.60. The number of aliphatic hydroxyl groups is 5. The highest BCUT2D eigenvalue weighted by Gasteiger charge is 2.45. The fourth-order valence-corrected chi connectivity index (χ4v) is 10.3. The second-order valence-corrected chi connectivity index (χ2v) is 21.5. The van der Waals surface area contributed by atoms with Gasteiger partial charge in [-0.25, -0.2) is 13.9 Å². The van der Waals surface area contributed by atoms with Crippen LogP contribution in [0.4, 0.5) is 5.82 Å². The van der Waals surface area contributed by atoms with Crippen LogP contribution in [-0.2, 0) is 46.3 Å². The first-order chi connectivity index (χ1) is 32.2. The van der Waals surface area contributed by atoms with Crippen molar-refractivity contribution in [1.82, 2.24) is 9.55 Å². The van der Waals surface area contributed by atoms with E-state index in [0.29, 0.717) is 50.9 Å². The summed E-state index contributed by atoms with van der Waals surface area (Å²) in [4.78, 5) is 64.1. The van der Waals surface area contributed by atoms with E-state index in [1.54, 1.807) is 0 Å². The summed E-state index contributed by atoms with van der Waals surface area (Å²) in [6, 6.07) is 1.26. The molecule has 0 saturated carbocycles. The number of carbonyl (C=O) groups is 2. The van der Waals surface area contributed by atoms with E-state index in [0.717, 1.165) is 49.5 Å². The minimum Gasteiger partial charge on any atom is -0.462 e. The standard InChI is InChI=1S/C45H79N3O18P2/c1-4-5-13-19-32(49)23-24-34-36(50)27-37(51)35-20-15-11-12-16-21-40(52)61-28-33(64-41(53)22-17-10-8-6-7-9-14-18-31(2)3)29-62-67(57,58)66-68(59,60)63-30-38(43(55)42(34)54)65-44(35)48-26-25-39(46)47-45(48)56/h23-26,31-38,42-44,49-51,54-55H,4-22,27-30H2,1-3H3,(H,57,58)(H,59,60)(H2,46,47,56)/b24-23+/t32-,33+,34-,35-,36+,37-,38+,42-,43+,44+/m0/s1. The second kappa shape index (κ2) is 31.0. The quantitative estimate of drug-likeness (QED) is 0.0389. The Balaban J connectivity index is 1.90. The topological polar surface area (TPSA) is 326 Å². The number of aromatic nitrogens is 2. The molecule has 0 aliphatic carbocycles. The van der Waals surface area contributed by atoms with Gasteiger partial charge >= 0.3 is 33.3 Å². The molecule has 68 heavy (non-hydrogen) atoms. The van der Waals surface area contributed by atoms with E-state index in [9.17, 15) is 58.8 Å². The van der Waals surface area contributed by atoms with Crippen LogP contribution < -0.4 is 11.4 Å². The first-order valence-electron chi connectivity index (χ1n) is 24.3. The average Bonchev–Trinajstić information content (AvgIpc) is 3.25. The lowest BCUT2D eigenvalue weighted by Gasteiger charge is -2.41. The molecule has 0 spiro atoms. The molecule has 12 atom stereocenters. The van der Waals surface area contributed by atoms with Gasteiger partial charge in [0.25, 0.3) is 0 Å². The van der Waals surface area contributed by atoms with Crippen molar-refractivity contribution < 1.29 is 81.6 Å². The van der Waals surface area contributed by atoms with Gasteiger partial charge in [0, 0.05) is 37.3 Å². The highest BCUT2D eigenvalue weighted by molar-refractivity contribution is 7.61. The van der Waals surface area contributed by atoms with Crippen LogP contribution in [-0.4, -0.2) is 119 Å². The number of nitrogens with two attached hydrogens (primary N) is 1. The molecule has 0 aromatic carbocycles. The first-order valence-corrected chi connectivity index (χ1v) is 27.3. The summed E-state index contributed by atoms with van der Waals surface area (Å²) < 4.78 is 59.0. The molecule has 3 rings (SSSR count). The Morgan fingerprint density at radius 1 is 0.882 bits per heavy atom. The smallest absolute Gasteiger partial charge is 0.462 e. The molecule has 0 radical (unpaired) electrons. The van der Waals surface area contributed by atoms with Gasteiger partial charge in [0.2, 0.25) is 0 Å². The maximum atomic E-state index is 13.3. The van der Waals surface area contributed by atoms with Crippen LogP contribution in [0.15, 0.2) is 29.2 Å². The number of rotatable bonds is 18. The van der Waals surface area contributed by atoms with Crippen molar-refractivity contribution in [2.75, 3.05) is 25.6 Å². The molecule has 23 heteroatoms. The largest absolute Gasteiger partial charge is 0.481 e. The zero-order chi connectivity index (χ0) is 50.3. The maximum Gasteiger partial charge on any atom is 0.481 e. The van der Waals surface area contributed by atoms with Crippen molar-refractivity contribution in [3.05, 3.63) is 34.9 Å². The van der Waals surface area contributed by atoms with Gasteiger partial charge in [-0.3, -0.25) is 23.2 Å². The number of esters is 2. The van der Waals surface area contributed by atoms with Gasteiger partial charge in [-0.15, -0.1) is 0 Å². The number of aliphatic hydroxyl groups excluding tert-OH is 5. The van der Waals surface area contributed by atoms with E-state index in [-0.39, 0.29) is 25.1 Å². The van der Waals surface area contributed by atoms with Crippen molar-refractivity contribution in [2.24, 2.45) is 17.8 Å². The van der Waals surface area contributed by atoms with Crippen molar-refractivity contribution >= 4 is 33.4 Å². The third kappa shape index (κ3) is 22.6. The van der Waals surface area contributed by atoms with Crippen LogP contribution in [0.2, 0.25) is 0 Å². The zero-order valence-electron chi connectivity index (χ0n) is 39.9. The molecule has 392 valence electrons. The Kier molecular flexibility index (Phi) is 27.2. The van der Waals surface area contributed by atoms with Gasteiger partial charge in [0.05, 0.1) is 37.6 Å². The third-order valence-corrected chi connectivity index (χ3v) is 14.7. The van der Waals surface area contributed by atoms with Crippen LogP contribution in [0, 0.1) is 17.8 Å². The lowest BCUT2D eigenvalue weighted by atomic mass is 9.82. The van der Waals surface area contributed by atoms with E-state index in [2.05, 4.69) is 23.1 Å². The Hall–Kier alpha value is -2.62. The van der Waals surface area contributed by atoms with E-state index < -0.39 is 120 Å². The lowest BCUT2D eigenvalue weighted by molar-refractivity contribution is -0.195. The number of hydrogen-bond acceptors (Lipinski definition) is 18. The summed E-state index contributed by atoms with van der Waals surface area (Å²) in [6.45, 7) is 3.71. The summed E-state index contributed by atoms with van der Waals surface area (Å²) in [6.07, 6.45) is 2.72. The molecular formula is C45H79N3O18P2. The fourth-order valence-electron chi connectivity index (χ4n) is 8.22. The number of unbranched alkanes of at least 4 members (excludes halogenated alkanes) is 8. The minimum atomic E-state index is -5.69. The summed E-state index contributed by atoms with van der Waals surface area (Å²) in [5.74, 6) is -3.32. The first kappa shape index (κ1) is 59.7. The molecule has 2 aliphatic heterocycles. The number of ether oxygens (including phenoxy) is 3. The summed E-state index contributed by atoms with van der Waals surface area (Å²) in [7, 11) is -11.3. The number of hydrogen-bond donors (Lipinski definition) is 8. The van der Waals surface area contributed by atoms with Crippen molar-refractivity contribution in [3.63, 3.8) is 0 Å². The molecule has 2 fully saturated rings. The SMILES string of the molecule is CCCCC[C@H](O)/C=C/[C@@H]1[C@H](O)[C@H](O)[C@H]2COP(=O)(O)OP(=O)(O)OC[C@H](OC(=O)CCCCCCCCCC(C)C)COC(=O)CCCCCC[C@H]([C@H](n3ccc(N)nc3=O)O2)[C@@H](O)C[C@H]1O. The van der Waals surface area contributed by atoms with E-state index in [4.69, 9.17) is 29.0 Å². The lowest BCUT2D eigenvalue weighted by Crippen LogP contribution is -2.52. The maximum absolute atomic E-state index is 13.3. The summed E-state index contributed by atoms with van der Waals surface area (Å²) in [5.41, 5.74) is 4.80. The number of anilines is 1. The van der Waals surface area contributed by atoms with Gasteiger partial charge in [-0.2, -0.15) is 9.29 Å². The number of nitrogen functional groups attached to an aromatic ring is 1. The summed E-state index contributed by atoms with van der Waals surface area (Å²) in [5, 5.41) is 57.4. The zero-order valence-corrected chi connectivity index (χ0v) is 41.7. The Bertz CT molecular complexity index is 1820. The Morgan fingerprint density at radius 3 is 2.21 bits per heavy atom. The predicted molar refractivity (Wildman–Crippen MR) is 249 cm³/mol. The molecule has 2 aliphatic rings. The van der Waals surface area contributed by atoms with E-state index in [1.165, 1.54) is 37.3 Å². The third-order valence-electron chi connectivity index (χ3n) is 12.1. The molecule has 2 bridgehead atoms. The van der Waals surface area contributed by atoms with Gasteiger partial charge in [0.1, 0.15) is 30.9 Å². The number of carbonyl (C=O) groups excluding carboxylic acids is 2. The van der Waals surface area contributed by atoms with Gasteiger partial charge in [-0.1, -0.05) is 116 Å². The Labute approximate surface area is 400 Å². The molecule has 0 amide bonds. The van der Waals surface area contributed by atoms with Crippen LogP contribution >= 0.6 is 15.6 Å². The number of nitrogens with zero attached hydrogens (tertiary/aromatic N) is 2. The monoisotopic (exact) mass is 1010 g/mol. The molecule has 1 aromatic rings. The predicted octanol–water partition coefficient (Wildman–Crippen LogP) is 5.51. The average molecular weight is 1010 g/mol. The van der Waals surface area contributed by atoms with Gasteiger partial charge in [0.15, 0.2) is 6.10 Å². The molecule has 3 heterocycles. The van der Waals surface area contributed by atoms with Crippen molar-refractivity contribution in [1.29, 1.82) is 0 Å². The van der Waals surface area contributed by atoms with Crippen LogP contribution in [0.25, 0.3) is 0 Å². The van der Waals surface area contributed by atoms with Gasteiger partial charge in [-0.05, 0) is 37.7 Å².